The van der Waals surface area contributed by atoms with Gasteiger partial charge in [0, 0.05) is 18.8 Å². The lowest BCUT2D eigenvalue weighted by Gasteiger charge is -2.35. The van der Waals surface area contributed by atoms with Crippen LogP contribution in [-0.4, -0.2) is 29.1 Å². The summed E-state index contributed by atoms with van der Waals surface area (Å²) in [7, 11) is 0. The number of anilines is 1. The molecule has 2 rings (SSSR count). The summed E-state index contributed by atoms with van der Waals surface area (Å²) in [5.74, 6) is 1.06. The van der Waals surface area contributed by atoms with Crippen LogP contribution in [0.2, 0.25) is 0 Å². The molecule has 1 heterocycles. The molecule has 1 aliphatic carbocycles. The Balaban J connectivity index is 2.06. The highest BCUT2D eigenvalue weighted by molar-refractivity contribution is 5.38. The third-order valence-corrected chi connectivity index (χ3v) is 3.48. The summed E-state index contributed by atoms with van der Waals surface area (Å²) in [5.41, 5.74) is 5.63. The van der Waals surface area contributed by atoms with Crippen molar-refractivity contribution < 1.29 is 0 Å². The molecule has 0 aromatic carbocycles. The lowest BCUT2D eigenvalue weighted by Crippen LogP contribution is -2.38. The van der Waals surface area contributed by atoms with E-state index < -0.39 is 0 Å². The summed E-state index contributed by atoms with van der Waals surface area (Å²) in [6, 6.07) is 2.65. The molecule has 0 saturated heterocycles. The zero-order chi connectivity index (χ0) is 11.9. The fourth-order valence-electron chi connectivity index (χ4n) is 2.59. The molecule has 0 spiro atoms. The van der Waals surface area contributed by atoms with Crippen LogP contribution in [0.3, 0.4) is 0 Å². The molecule has 2 N–H and O–H groups in total. The van der Waals surface area contributed by atoms with Gasteiger partial charge in [-0.25, -0.2) is 9.97 Å². The van der Waals surface area contributed by atoms with Crippen molar-refractivity contribution >= 4 is 5.82 Å². The van der Waals surface area contributed by atoms with Gasteiger partial charge in [0.2, 0.25) is 0 Å². The quantitative estimate of drug-likeness (QED) is 0.846. The summed E-state index contributed by atoms with van der Waals surface area (Å²) in [4.78, 5) is 10.8. The Labute approximate surface area is 103 Å². The molecule has 0 atom stereocenters. The highest BCUT2D eigenvalue weighted by Crippen LogP contribution is 2.25. The standard InChI is InChI=1S/C13H22N4/c14-8-4-10-17(12-5-2-1-3-6-12)13-7-9-15-11-16-13/h7,9,11-12H,1-6,8,10,14H2. The van der Waals surface area contributed by atoms with Gasteiger partial charge in [-0.1, -0.05) is 19.3 Å². The van der Waals surface area contributed by atoms with E-state index in [4.69, 9.17) is 5.73 Å². The number of hydrogen-bond donors (Lipinski definition) is 1. The van der Waals surface area contributed by atoms with E-state index in [1.54, 1.807) is 6.33 Å². The average Bonchev–Trinajstić information content (AvgIpc) is 2.42. The van der Waals surface area contributed by atoms with E-state index in [1.165, 1.54) is 32.1 Å². The molecule has 1 aliphatic rings. The molecule has 0 unspecified atom stereocenters. The molecule has 1 aromatic heterocycles. The van der Waals surface area contributed by atoms with Crippen LogP contribution in [0.4, 0.5) is 5.82 Å². The number of nitrogens with two attached hydrogens (primary N) is 1. The highest BCUT2D eigenvalue weighted by atomic mass is 15.2. The van der Waals surface area contributed by atoms with E-state index in [1.807, 2.05) is 12.3 Å². The van der Waals surface area contributed by atoms with Crippen molar-refractivity contribution in [2.45, 2.75) is 44.6 Å². The first-order valence-corrected chi connectivity index (χ1v) is 6.64. The minimum Gasteiger partial charge on any atom is -0.353 e. The van der Waals surface area contributed by atoms with Gasteiger partial charge in [0.15, 0.2) is 0 Å². The van der Waals surface area contributed by atoms with Crippen molar-refractivity contribution in [1.29, 1.82) is 0 Å². The molecule has 17 heavy (non-hydrogen) atoms. The summed E-state index contributed by atoms with van der Waals surface area (Å²) < 4.78 is 0. The van der Waals surface area contributed by atoms with E-state index in [2.05, 4.69) is 14.9 Å². The molecule has 0 aliphatic heterocycles. The number of aromatic nitrogens is 2. The van der Waals surface area contributed by atoms with Crippen molar-refractivity contribution in [2.75, 3.05) is 18.0 Å². The Morgan fingerprint density at radius 1 is 1.29 bits per heavy atom. The van der Waals surface area contributed by atoms with Gasteiger partial charge >= 0.3 is 0 Å². The molecule has 4 heteroatoms. The van der Waals surface area contributed by atoms with Crippen LogP contribution in [-0.2, 0) is 0 Å². The third kappa shape index (κ3) is 3.40. The second-order valence-corrected chi connectivity index (χ2v) is 4.70. The predicted octanol–water partition coefficient (Wildman–Crippen LogP) is 1.96. The van der Waals surface area contributed by atoms with Crippen LogP contribution >= 0.6 is 0 Å². The van der Waals surface area contributed by atoms with Crippen molar-refractivity contribution in [3.8, 4) is 0 Å². The summed E-state index contributed by atoms with van der Waals surface area (Å²) >= 11 is 0. The molecule has 0 radical (unpaired) electrons. The highest BCUT2D eigenvalue weighted by Gasteiger charge is 2.21. The van der Waals surface area contributed by atoms with Gasteiger partial charge in [-0.3, -0.25) is 0 Å². The van der Waals surface area contributed by atoms with Gasteiger partial charge in [-0.05, 0) is 31.9 Å². The minimum absolute atomic E-state index is 0.644. The molecular formula is C13H22N4. The van der Waals surface area contributed by atoms with Crippen LogP contribution < -0.4 is 10.6 Å². The van der Waals surface area contributed by atoms with Crippen LogP contribution in [0.25, 0.3) is 0 Å². The van der Waals surface area contributed by atoms with Gasteiger partial charge < -0.3 is 10.6 Å². The summed E-state index contributed by atoms with van der Waals surface area (Å²) in [5, 5.41) is 0. The Morgan fingerprint density at radius 3 is 2.76 bits per heavy atom. The maximum Gasteiger partial charge on any atom is 0.132 e. The van der Waals surface area contributed by atoms with Gasteiger partial charge in [0.05, 0.1) is 0 Å². The third-order valence-electron chi connectivity index (χ3n) is 3.48. The zero-order valence-electron chi connectivity index (χ0n) is 10.4. The molecule has 1 fully saturated rings. The summed E-state index contributed by atoms with van der Waals surface area (Å²) in [6.45, 7) is 1.76. The second-order valence-electron chi connectivity index (χ2n) is 4.70. The van der Waals surface area contributed by atoms with Gasteiger partial charge in [0.25, 0.3) is 0 Å². The number of rotatable bonds is 5. The normalized spacial score (nSPS) is 17.0. The van der Waals surface area contributed by atoms with Crippen LogP contribution in [0, 0.1) is 0 Å². The SMILES string of the molecule is NCCCN(c1ccncn1)C1CCCCC1. The van der Waals surface area contributed by atoms with Crippen molar-refractivity contribution in [1.82, 2.24) is 9.97 Å². The molecule has 1 saturated carbocycles. The van der Waals surface area contributed by atoms with Gasteiger partial charge in [-0.2, -0.15) is 0 Å². The Hall–Kier alpha value is -1.16. The lowest BCUT2D eigenvalue weighted by atomic mass is 9.94. The lowest BCUT2D eigenvalue weighted by molar-refractivity contribution is 0.411. The van der Waals surface area contributed by atoms with Crippen molar-refractivity contribution in [2.24, 2.45) is 5.73 Å². The molecule has 4 nitrogen and oxygen atoms in total. The van der Waals surface area contributed by atoms with Crippen LogP contribution in [0.1, 0.15) is 38.5 Å². The van der Waals surface area contributed by atoms with Crippen LogP contribution in [0.5, 0.6) is 0 Å². The van der Waals surface area contributed by atoms with Crippen LogP contribution in [0.15, 0.2) is 18.6 Å². The van der Waals surface area contributed by atoms with E-state index in [-0.39, 0.29) is 0 Å². The maximum atomic E-state index is 5.63. The maximum absolute atomic E-state index is 5.63. The van der Waals surface area contributed by atoms with E-state index in [9.17, 15) is 0 Å². The first kappa shape index (κ1) is 12.3. The zero-order valence-corrected chi connectivity index (χ0v) is 10.4. The largest absolute Gasteiger partial charge is 0.353 e. The van der Waals surface area contributed by atoms with Crippen molar-refractivity contribution in [3.63, 3.8) is 0 Å². The molecule has 94 valence electrons. The average molecular weight is 234 g/mol. The van der Waals surface area contributed by atoms with Gasteiger partial charge in [-0.15, -0.1) is 0 Å². The van der Waals surface area contributed by atoms with Crippen molar-refractivity contribution in [3.05, 3.63) is 18.6 Å². The first-order chi connectivity index (χ1) is 8.42. The van der Waals surface area contributed by atoms with Gasteiger partial charge in [0.1, 0.15) is 12.1 Å². The van der Waals surface area contributed by atoms with E-state index in [0.29, 0.717) is 6.04 Å². The molecule has 0 bridgehead atoms. The second kappa shape index (κ2) is 6.55. The smallest absolute Gasteiger partial charge is 0.132 e. The molecular weight excluding hydrogens is 212 g/mol. The number of hydrogen-bond acceptors (Lipinski definition) is 4. The molecule has 1 aromatic rings. The Kier molecular flexibility index (Phi) is 4.74. The summed E-state index contributed by atoms with van der Waals surface area (Å²) in [6.07, 6.45) is 11.1. The first-order valence-electron chi connectivity index (χ1n) is 6.64. The molecule has 0 amide bonds. The predicted molar refractivity (Wildman–Crippen MR) is 69.9 cm³/mol. The topological polar surface area (TPSA) is 55.0 Å². The minimum atomic E-state index is 0.644. The number of nitrogens with zero attached hydrogens (tertiary/aromatic N) is 3. The van der Waals surface area contributed by atoms with E-state index in [0.717, 1.165) is 25.3 Å². The van der Waals surface area contributed by atoms with E-state index >= 15 is 0 Å². The Morgan fingerprint density at radius 2 is 2.12 bits per heavy atom. The fourth-order valence-corrected chi connectivity index (χ4v) is 2.59. The fraction of sp³-hybridized carbons (Fsp3) is 0.692. The Bertz CT molecular complexity index is 308. The monoisotopic (exact) mass is 234 g/mol.